The molecule has 0 aliphatic heterocycles. The smallest absolute Gasteiger partial charge is 0.748 e. The Labute approximate surface area is 481 Å². The first kappa shape index (κ1) is 69.8. The molecule has 0 bridgehead atoms. The molecule has 0 heterocycles. The molecular formula is C52H70N4Na2O14S2. The molecule has 2 aliphatic rings. The molecule has 2 atom stereocenters. The maximum atomic E-state index is 13.2. The fourth-order valence-corrected chi connectivity index (χ4v) is 8.16. The molecule has 2 aliphatic carbocycles. The Balaban J connectivity index is 0.0000266. The van der Waals surface area contributed by atoms with E-state index in [1.807, 2.05) is 140 Å². The summed E-state index contributed by atoms with van der Waals surface area (Å²) in [5, 5.41) is 9.16. The second kappa shape index (κ2) is 33.0. The molecule has 0 spiro atoms. The van der Waals surface area contributed by atoms with E-state index in [1.54, 1.807) is 13.8 Å². The van der Waals surface area contributed by atoms with Gasteiger partial charge in [-0.2, -0.15) is 0 Å². The van der Waals surface area contributed by atoms with Crippen LogP contribution in [0.25, 0.3) is 0 Å². The van der Waals surface area contributed by atoms with Crippen LogP contribution >= 0.6 is 0 Å². The number of Topliss-reactive ketones (excluding diaryl/α,β-unsaturated/α-hetero) is 2. The maximum Gasteiger partial charge on any atom is 1.00 e. The first-order chi connectivity index (χ1) is 33.4. The predicted octanol–water partition coefficient (Wildman–Crippen LogP) is 0.484. The molecule has 0 saturated heterocycles. The minimum Gasteiger partial charge on any atom is -0.748 e. The molecule has 0 aromatic carbocycles. The number of carbonyl (C=O) groups is 6. The third kappa shape index (κ3) is 27.5. The first-order valence-electron chi connectivity index (χ1n) is 23.3. The number of esters is 2. The van der Waals surface area contributed by atoms with E-state index in [-0.39, 0.29) is 123 Å². The van der Waals surface area contributed by atoms with Crippen LogP contribution in [0.3, 0.4) is 0 Å². The molecule has 0 saturated carbocycles. The van der Waals surface area contributed by atoms with Crippen LogP contribution in [0, 0.1) is 10.8 Å². The number of hydrogen-bond acceptors (Lipinski definition) is 14. The van der Waals surface area contributed by atoms with Gasteiger partial charge in [0.15, 0.2) is 23.8 Å². The van der Waals surface area contributed by atoms with Crippen LogP contribution in [-0.4, -0.2) is 111 Å². The van der Waals surface area contributed by atoms with Crippen molar-refractivity contribution in [3.63, 3.8) is 0 Å². The van der Waals surface area contributed by atoms with Crippen molar-refractivity contribution >= 4 is 55.8 Å². The summed E-state index contributed by atoms with van der Waals surface area (Å²) in [5.74, 6) is -3.47. The minimum absolute atomic E-state index is 0. The number of rotatable bonds is 24. The number of ketones is 2. The Morgan fingerprint density at radius 2 is 0.838 bits per heavy atom. The summed E-state index contributed by atoms with van der Waals surface area (Å²) >= 11 is 0. The van der Waals surface area contributed by atoms with Crippen LogP contribution < -0.4 is 80.4 Å². The molecule has 0 fully saturated rings. The number of allylic oxidation sites excluding steroid dienone is 20. The third-order valence-electron chi connectivity index (χ3n) is 11.3. The molecule has 74 heavy (non-hydrogen) atoms. The van der Waals surface area contributed by atoms with E-state index in [0.29, 0.717) is 11.1 Å². The van der Waals surface area contributed by atoms with Crippen LogP contribution in [0.2, 0.25) is 0 Å². The average molecular weight is 1090 g/mol. The Morgan fingerprint density at radius 3 is 1.16 bits per heavy atom. The second-order valence-electron chi connectivity index (χ2n) is 18.7. The van der Waals surface area contributed by atoms with Gasteiger partial charge in [-0.3, -0.25) is 19.2 Å². The van der Waals surface area contributed by atoms with Gasteiger partial charge in [0.1, 0.15) is 0 Å². The van der Waals surface area contributed by atoms with Gasteiger partial charge in [-0.15, -0.1) is 0 Å². The average Bonchev–Trinajstić information content (AvgIpc) is 3.24. The van der Waals surface area contributed by atoms with Crippen LogP contribution in [0.4, 0.5) is 9.59 Å². The summed E-state index contributed by atoms with van der Waals surface area (Å²) in [6.07, 6.45) is 25.4. The van der Waals surface area contributed by atoms with E-state index in [2.05, 4.69) is 21.3 Å². The summed E-state index contributed by atoms with van der Waals surface area (Å²) in [4.78, 5) is 74.9. The predicted molar refractivity (Wildman–Crippen MR) is 274 cm³/mol. The Hall–Kier alpha value is -4.22. The van der Waals surface area contributed by atoms with Crippen molar-refractivity contribution in [2.24, 2.45) is 10.8 Å². The number of urea groups is 2. The zero-order chi connectivity index (χ0) is 54.5. The molecule has 2 unspecified atom stereocenters. The minimum atomic E-state index is -4.47. The summed E-state index contributed by atoms with van der Waals surface area (Å²) in [6.45, 7) is 18.2. The van der Waals surface area contributed by atoms with Crippen molar-refractivity contribution in [2.45, 2.75) is 107 Å². The molecule has 0 aromatic rings. The van der Waals surface area contributed by atoms with Crippen molar-refractivity contribution in [3.8, 4) is 0 Å². The van der Waals surface area contributed by atoms with Crippen molar-refractivity contribution in [2.75, 3.05) is 37.7 Å². The molecule has 22 heteroatoms. The summed E-state index contributed by atoms with van der Waals surface area (Å²) in [6, 6.07) is -1.49. The molecule has 0 aromatic heterocycles. The van der Waals surface area contributed by atoms with Gasteiger partial charge < -0.3 is 39.8 Å². The van der Waals surface area contributed by atoms with E-state index in [0.717, 1.165) is 33.4 Å². The van der Waals surface area contributed by atoms with Crippen molar-refractivity contribution < 1.29 is 123 Å². The molecule has 18 nitrogen and oxygen atoms in total. The third-order valence-corrected chi connectivity index (χ3v) is 12.7. The molecule has 4 N–H and O–H groups in total. The summed E-state index contributed by atoms with van der Waals surface area (Å²) in [7, 11) is -8.94. The first-order valence-corrected chi connectivity index (χ1v) is 26.4. The zero-order valence-electron chi connectivity index (χ0n) is 44.8. The second-order valence-corrected chi connectivity index (χ2v) is 21.8. The topological polar surface area (TPSA) is 283 Å². The van der Waals surface area contributed by atoms with E-state index < -0.39 is 78.8 Å². The molecular weight excluding hydrogens is 1010 g/mol. The largest absolute Gasteiger partial charge is 1.00 e. The van der Waals surface area contributed by atoms with Crippen molar-refractivity contribution in [3.05, 3.63) is 130 Å². The molecule has 2 rings (SSSR count). The van der Waals surface area contributed by atoms with Crippen LogP contribution in [0.5, 0.6) is 0 Å². The van der Waals surface area contributed by atoms with Gasteiger partial charge in [0.25, 0.3) is 0 Å². The van der Waals surface area contributed by atoms with E-state index in [9.17, 15) is 54.7 Å². The monoisotopic (exact) mass is 1080 g/mol. The summed E-state index contributed by atoms with van der Waals surface area (Å²) in [5.41, 5.74) is 5.61. The van der Waals surface area contributed by atoms with Gasteiger partial charge >= 0.3 is 83.1 Å². The standard InChI is InChI=1S/C52H72N4O14S2.2Na/c1-35(17-13-19-37(3)21-23-41-39(5)47(59)43(33-51(41,7)8)69-45(57)25-27-53-49(61)55-29-31-71(63,64)65)15-11-12-16-36(2)18-14-20-38(4)22-24-42-40(6)48(60)44(34-52(42,9)10)70-46(58)26-28-54-50(62)56-30-32-72(66,67)68;;/h11-24,43-44H,25-34H2,1-10H3,(H2,53,55,61)(H2,54,56,62)(H,63,64,65)(H,66,67,68);;/q;2*+1/p-2. The van der Waals surface area contributed by atoms with E-state index in [4.69, 9.17) is 9.47 Å². The molecule has 0 radical (unpaired) electrons. The van der Waals surface area contributed by atoms with Crippen molar-refractivity contribution in [1.82, 2.24) is 21.3 Å². The maximum absolute atomic E-state index is 13.2. The normalized spacial score (nSPS) is 19.0. The van der Waals surface area contributed by atoms with Crippen LogP contribution in [-0.2, 0) is 48.9 Å². The fourth-order valence-electron chi connectivity index (χ4n) is 7.45. The van der Waals surface area contributed by atoms with E-state index in [1.165, 1.54) is 0 Å². The van der Waals surface area contributed by atoms with Gasteiger partial charge in [0.05, 0.1) is 44.6 Å². The summed E-state index contributed by atoms with van der Waals surface area (Å²) < 4.78 is 74.9. The quantitative estimate of drug-likeness (QED) is 0.0443. The van der Waals surface area contributed by atoms with Gasteiger partial charge in [-0.05, 0) is 74.7 Å². The SMILES string of the molecule is CC(C=CC=C(C)C=CC1=C(C)C(=O)C(OC(=O)CCNC(=O)NCCS(=O)(=O)[O-])CC1(C)C)=CC=CC=C(C)C=CC=C(C)C=CC1=C(C)C(=O)C(OC(=O)CCNC(=O)NCCS(=O)(=O)[O-])CC1(C)C.[Na+].[Na+]. The van der Waals surface area contributed by atoms with Gasteiger partial charge in [0, 0.05) is 39.0 Å². The fraction of sp³-hybridized carbons (Fsp3) is 0.462. The molecule has 396 valence electrons. The number of hydrogen-bond donors (Lipinski definition) is 4. The zero-order valence-corrected chi connectivity index (χ0v) is 50.5. The van der Waals surface area contributed by atoms with Crippen molar-refractivity contribution in [1.29, 1.82) is 0 Å². The van der Waals surface area contributed by atoms with Crippen LogP contribution in [0.1, 0.15) is 94.9 Å². The van der Waals surface area contributed by atoms with E-state index >= 15 is 0 Å². The number of ether oxygens (including phenoxy) is 2. The van der Waals surface area contributed by atoms with Gasteiger partial charge in [-0.1, -0.05) is 135 Å². The Morgan fingerprint density at radius 1 is 0.541 bits per heavy atom. The molecule has 4 amide bonds. The number of amides is 4. The number of nitrogens with one attached hydrogen (secondary N) is 4. The number of carbonyl (C=O) groups excluding carboxylic acids is 6. The van der Waals surface area contributed by atoms with Gasteiger partial charge in [0.2, 0.25) is 0 Å². The van der Waals surface area contributed by atoms with Gasteiger partial charge in [-0.25, -0.2) is 26.4 Å². The Bertz CT molecular complexity index is 2450. The Kier molecular flexibility index (Phi) is 31.2. The van der Waals surface area contributed by atoms with Crippen LogP contribution in [0.15, 0.2) is 130 Å².